The van der Waals surface area contributed by atoms with Crippen molar-refractivity contribution in [1.82, 2.24) is 4.90 Å². The second-order valence-corrected chi connectivity index (χ2v) is 6.46. The van der Waals surface area contributed by atoms with Crippen molar-refractivity contribution < 1.29 is 4.92 Å². The van der Waals surface area contributed by atoms with Crippen molar-refractivity contribution in [3.8, 4) is 0 Å². The Morgan fingerprint density at radius 2 is 1.76 bits per heavy atom. The smallest absolute Gasteiger partial charge is 0.272 e. The quantitative estimate of drug-likeness (QED) is 0.628. The van der Waals surface area contributed by atoms with Gasteiger partial charge in [-0.2, -0.15) is 0 Å². The molecule has 5 nitrogen and oxygen atoms in total. The van der Waals surface area contributed by atoms with E-state index in [0.717, 1.165) is 25.2 Å². The first-order valence-corrected chi connectivity index (χ1v) is 7.94. The fourth-order valence-electron chi connectivity index (χ4n) is 3.31. The zero-order valence-electron chi connectivity index (χ0n) is 11.6. The third-order valence-corrected chi connectivity index (χ3v) is 4.93. The van der Waals surface area contributed by atoms with Crippen molar-refractivity contribution >= 4 is 34.6 Å². The van der Waals surface area contributed by atoms with Gasteiger partial charge in [0.2, 0.25) is 0 Å². The van der Waals surface area contributed by atoms with Crippen molar-refractivity contribution in [3.05, 3.63) is 32.3 Å². The fraction of sp³-hybridized carbons (Fsp3) is 0.571. The molecule has 2 saturated heterocycles. The van der Waals surface area contributed by atoms with Gasteiger partial charge >= 0.3 is 0 Å². The lowest BCUT2D eigenvalue weighted by Crippen LogP contribution is -2.35. The highest BCUT2D eigenvalue weighted by Crippen LogP contribution is 2.39. The van der Waals surface area contributed by atoms with Crippen LogP contribution in [0.4, 0.5) is 11.4 Å². The third kappa shape index (κ3) is 2.96. The van der Waals surface area contributed by atoms with Gasteiger partial charge in [-0.3, -0.25) is 15.0 Å². The predicted octanol–water partition coefficient (Wildman–Crippen LogP) is 3.58. The number of nitrogens with zero attached hydrogens (tertiary/aromatic N) is 3. The van der Waals surface area contributed by atoms with Crippen molar-refractivity contribution in [2.75, 3.05) is 31.1 Å². The van der Waals surface area contributed by atoms with E-state index < -0.39 is 4.92 Å². The van der Waals surface area contributed by atoms with Crippen LogP contribution >= 0.6 is 23.2 Å². The Labute approximate surface area is 133 Å². The van der Waals surface area contributed by atoms with Crippen LogP contribution in [0.2, 0.25) is 10.0 Å². The Hall–Kier alpha value is -1.04. The topological polar surface area (TPSA) is 49.6 Å². The average molecular weight is 330 g/mol. The fourth-order valence-corrected chi connectivity index (χ4v) is 4.02. The van der Waals surface area contributed by atoms with Gasteiger partial charge in [-0.1, -0.05) is 23.2 Å². The zero-order valence-corrected chi connectivity index (χ0v) is 13.1. The number of hydrogen-bond donors (Lipinski definition) is 0. The molecule has 2 heterocycles. The summed E-state index contributed by atoms with van der Waals surface area (Å²) in [6, 6.07) is 3.30. The van der Waals surface area contributed by atoms with Crippen LogP contribution in [-0.2, 0) is 0 Å². The highest BCUT2D eigenvalue weighted by molar-refractivity contribution is 6.39. The standard InChI is InChI=1S/C14H17Cl2N3O2/c15-12-7-11(19(20)21)8-13(16)14(12)18-6-3-10(9-18)17-4-1-2-5-17/h7-8,10H,1-6,9H2. The van der Waals surface area contributed by atoms with Crippen molar-refractivity contribution in [2.45, 2.75) is 25.3 Å². The van der Waals surface area contributed by atoms with Crippen LogP contribution in [-0.4, -0.2) is 42.0 Å². The van der Waals surface area contributed by atoms with Crippen LogP contribution in [0.15, 0.2) is 12.1 Å². The summed E-state index contributed by atoms with van der Waals surface area (Å²) in [4.78, 5) is 15.0. The van der Waals surface area contributed by atoms with E-state index in [9.17, 15) is 10.1 Å². The van der Waals surface area contributed by atoms with Crippen molar-refractivity contribution in [2.24, 2.45) is 0 Å². The summed E-state index contributed by atoms with van der Waals surface area (Å²) < 4.78 is 0. The molecule has 0 N–H and O–H groups in total. The van der Waals surface area contributed by atoms with Crippen LogP contribution < -0.4 is 4.90 Å². The molecule has 0 amide bonds. The van der Waals surface area contributed by atoms with E-state index in [2.05, 4.69) is 9.80 Å². The zero-order chi connectivity index (χ0) is 15.0. The number of hydrogen-bond acceptors (Lipinski definition) is 4. The van der Waals surface area contributed by atoms with E-state index in [1.165, 1.54) is 38.1 Å². The highest BCUT2D eigenvalue weighted by atomic mass is 35.5. The number of halogens is 2. The van der Waals surface area contributed by atoms with E-state index in [1.54, 1.807) is 0 Å². The lowest BCUT2D eigenvalue weighted by atomic mass is 10.2. The molecule has 0 saturated carbocycles. The lowest BCUT2D eigenvalue weighted by Gasteiger charge is -2.25. The Kier molecular flexibility index (Phi) is 4.24. The molecule has 0 aliphatic carbocycles. The molecule has 1 aromatic carbocycles. The molecule has 7 heteroatoms. The molecule has 3 rings (SSSR count). The summed E-state index contributed by atoms with van der Waals surface area (Å²) in [6.07, 6.45) is 3.63. The lowest BCUT2D eigenvalue weighted by molar-refractivity contribution is -0.384. The number of rotatable bonds is 3. The molecule has 0 bridgehead atoms. The molecule has 2 aliphatic heterocycles. The van der Waals surface area contributed by atoms with E-state index in [4.69, 9.17) is 23.2 Å². The Morgan fingerprint density at radius 3 is 2.33 bits per heavy atom. The summed E-state index contributed by atoms with van der Waals surface area (Å²) in [5, 5.41) is 11.5. The largest absolute Gasteiger partial charge is 0.367 e. The van der Waals surface area contributed by atoms with Gasteiger partial charge < -0.3 is 4.90 Å². The number of nitro groups is 1. The van der Waals surface area contributed by atoms with E-state index in [-0.39, 0.29) is 5.69 Å². The van der Waals surface area contributed by atoms with E-state index in [0.29, 0.717) is 16.1 Å². The van der Waals surface area contributed by atoms with E-state index >= 15 is 0 Å². The monoisotopic (exact) mass is 329 g/mol. The molecule has 21 heavy (non-hydrogen) atoms. The minimum Gasteiger partial charge on any atom is -0.367 e. The van der Waals surface area contributed by atoms with Gasteiger partial charge in [0.25, 0.3) is 5.69 Å². The third-order valence-electron chi connectivity index (χ3n) is 4.35. The van der Waals surface area contributed by atoms with Gasteiger partial charge in [0.1, 0.15) is 0 Å². The van der Waals surface area contributed by atoms with Crippen LogP contribution in [0.25, 0.3) is 0 Å². The Bertz CT molecular complexity index is 538. The van der Waals surface area contributed by atoms with Gasteiger partial charge in [-0.15, -0.1) is 0 Å². The summed E-state index contributed by atoms with van der Waals surface area (Å²) >= 11 is 12.4. The van der Waals surface area contributed by atoms with Gasteiger partial charge in [0.15, 0.2) is 0 Å². The summed E-state index contributed by atoms with van der Waals surface area (Å²) in [7, 11) is 0. The molecular formula is C14H17Cl2N3O2. The molecule has 1 atom stereocenters. The summed E-state index contributed by atoms with van der Waals surface area (Å²) in [5.74, 6) is 0. The van der Waals surface area contributed by atoms with Gasteiger partial charge in [0.05, 0.1) is 20.7 Å². The van der Waals surface area contributed by atoms with Gasteiger partial charge in [0, 0.05) is 31.3 Å². The second kappa shape index (κ2) is 5.99. The first-order valence-electron chi connectivity index (χ1n) is 7.18. The highest BCUT2D eigenvalue weighted by Gasteiger charge is 2.31. The number of benzene rings is 1. The SMILES string of the molecule is O=[N+]([O-])c1cc(Cl)c(N2CCC(N3CCCC3)C2)c(Cl)c1. The number of likely N-dealkylation sites (tertiary alicyclic amines) is 1. The summed E-state index contributed by atoms with van der Waals surface area (Å²) in [5.41, 5.74) is 0.662. The average Bonchev–Trinajstić information content (AvgIpc) is 3.08. The normalized spacial score (nSPS) is 23.0. The molecule has 0 radical (unpaired) electrons. The Balaban J connectivity index is 1.80. The molecular weight excluding hydrogens is 313 g/mol. The van der Waals surface area contributed by atoms with Crippen molar-refractivity contribution in [3.63, 3.8) is 0 Å². The van der Waals surface area contributed by atoms with Gasteiger partial charge in [-0.05, 0) is 32.4 Å². The van der Waals surface area contributed by atoms with Crippen molar-refractivity contribution in [1.29, 1.82) is 0 Å². The summed E-state index contributed by atoms with van der Waals surface area (Å²) in [6.45, 7) is 4.11. The molecule has 114 valence electrons. The molecule has 2 aliphatic rings. The molecule has 2 fully saturated rings. The number of nitro benzene ring substituents is 1. The minimum absolute atomic E-state index is 0.0657. The Morgan fingerprint density at radius 1 is 1.14 bits per heavy atom. The maximum absolute atomic E-state index is 10.8. The number of non-ortho nitro benzene ring substituents is 1. The minimum atomic E-state index is -0.474. The molecule has 0 spiro atoms. The van der Waals surface area contributed by atoms with Crippen LogP contribution in [0, 0.1) is 10.1 Å². The maximum Gasteiger partial charge on any atom is 0.272 e. The first-order chi connectivity index (χ1) is 10.1. The number of anilines is 1. The predicted molar refractivity (Wildman–Crippen MR) is 84.5 cm³/mol. The van der Waals surface area contributed by atoms with Gasteiger partial charge in [-0.25, -0.2) is 0 Å². The maximum atomic E-state index is 10.8. The van der Waals surface area contributed by atoms with Crippen LogP contribution in [0.5, 0.6) is 0 Å². The molecule has 1 unspecified atom stereocenters. The van der Waals surface area contributed by atoms with Crippen LogP contribution in [0.1, 0.15) is 19.3 Å². The first kappa shape index (κ1) is 14.9. The molecule has 1 aromatic rings. The molecule has 0 aromatic heterocycles. The van der Waals surface area contributed by atoms with E-state index in [1.807, 2.05) is 0 Å². The second-order valence-electron chi connectivity index (χ2n) is 5.65. The van der Waals surface area contributed by atoms with Crippen LogP contribution in [0.3, 0.4) is 0 Å².